The molecule has 0 fully saturated rings. The highest BCUT2D eigenvalue weighted by Gasteiger charge is 2.04. The van der Waals surface area contributed by atoms with Gasteiger partial charge in [-0.15, -0.1) is 0 Å². The summed E-state index contributed by atoms with van der Waals surface area (Å²) in [7, 11) is 0. The predicted octanol–water partition coefficient (Wildman–Crippen LogP) is 5.10. The van der Waals surface area contributed by atoms with E-state index in [0.29, 0.717) is 0 Å². The van der Waals surface area contributed by atoms with Gasteiger partial charge in [-0.3, -0.25) is 9.98 Å². The van der Waals surface area contributed by atoms with Gasteiger partial charge < -0.3 is 0 Å². The van der Waals surface area contributed by atoms with Crippen molar-refractivity contribution in [3.63, 3.8) is 0 Å². The summed E-state index contributed by atoms with van der Waals surface area (Å²) in [5.41, 5.74) is 7.03. The molecule has 0 aliphatic heterocycles. The van der Waals surface area contributed by atoms with Crippen LogP contribution in [0.4, 0.5) is 0 Å². The Morgan fingerprint density at radius 1 is 1.19 bits per heavy atom. The Morgan fingerprint density at radius 3 is 2.71 bits per heavy atom. The lowest BCUT2D eigenvalue weighted by Gasteiger charge is -2.08. The number of aromatic nitrogens is 1. The molecule has 0 atom stereocenters. The van der Waals surface area contributed by atoms with Crippen LogP contribution in [0.2, 0.25) is 0 Å². The SMILES string of the molecule is CC/C=C(\C)N=Cc1cc(-c2cnccc2C)ccc1C. The normalized spacial score (nSPS) is 12.1. The summed E-state index contributed by atoms with van der Waals surface area (Å²) in [6, 6.07) is 8.51. The monoisotopic (exact) mass is 278 g/mol. The van der Waals surface area contributed by atoms with Crippen LogP contribution in [-0.4, -0.2) is 11.2 Å². The standard InChI is InChI=1S/C19H22N2/c1-5-6-16(4)21-12-18-11-17(8-7-14(18)2)19-13-20-10-9-15(19)3/h6-13H,5H2,1-4H3/b16-6+,21-12?. The summed E-state index contributed by atoms with van der Waals surface area (Å²) in [4.78, 5) is 8.75. The van der Waals surface area contributed by atoms with Crippen molar-refractivity contribution in [1.29, 1.82) is 0 Å². The van der Waals surface area contributed by atoms with E-state index in [0.717, 1.165) is 17.7 Å². The van der Waals surface area contributed by atoms with Crippen LogP contribution in [0.25, 0.3) is 11.1 Å². The Balaban J connectivity index is 2.39. The second kappa shape index (κ2) is 6.98. The summed E-state index contributed by atoms with van der Waals surface area (Å²) in [6.45, 7) is 8.37. The minimum Gasteiger partial charge on any atom is -0.264 e. The number of benzene rings is 1. The first kappa shape index (κ1) is 15.2. The fourth-order valence-electron chi connectivity index (χ4n) is 2.23. The molecule has 0 saturated heterocycles. The zero-order chi connectivity index (χ0) is 15.2. The van der Waals surface area contributed by atoms with Crippen molar-refractivity contribution < 1.29 is 0 Å². The van der Waals surface area contributed by atoms with Gasteiger partial charge in [-0.2, -0.15) is 0 Å². The van der Waals surface area contributed by atoms with Crippen molar-refractivity contribution in [2.75, 3.05) is 0 Å². The average Bonchev–Trinajstić information content (AvgIpc) is 2.47. The van der Waals surface area contributed by atoms with Crippen LogP contribution in [0.3, 0.4) is 0 Å². The molecule has 1 aromatic heterocycles. The van der Waals surface area contributed by atoms with Gasteiger partial charge in [-0.25, -0.2) is 0 Å². The summed E-state index contributed by atoms with van der Waals surface area (Å²) in [5.74, 6) is 0. The molecule has 0 aliphatic carbocycles. The largest absolute Gasteiger partial charge is 0.264 e. The minimum atomic E-state index is 1.01. The molecule has 0 bridgehead atoms. The zero-order valence-corrected chi connectivity index (χ0v) is 13.2. The van der Waals surface area contributed by atoms with Crippen molar-refractivity contribution in [3.05, 3.63) is 65.1 Å². The van der Waals surface area contributed by atoms with Crippen molar-refractivity contribution in [2.24, 2.45) is 4.99 Å². The lowest BCUT2D eigenvalue weighted by molar-refractivity contribution is 1.16. The van der Waals surface area contributed by atoms with Crippen LogP contribution in [-0.2, 0) is 0 Å². The van der Waals surface area contributed by atoms with Gasteiger partial charge in [-0.1, -0.05) is 25.1 Å². The number of nitrogens with zero attached hydrogens (tertiary/aromatic N) is 2. The number of allylic oxidation sites excluding steroid dienone is 2. The number of aliphatic imine (C=N–C) groups is 1. The van der Waals surface area contributed by atoms with Gasteiger partial charge in [0.2, 0.25) is 0 Å². The maximum atomic E-state index is 4.52. The van der Waals surface area contributed by atoms with Crippen molar-refractivity contribution in [2.45, 2.75) is 34.1 Å². The zero-order valence-electron chi connectivity index (χ0n) is 13.2. The minimum absolute atomic E-state index is 1.01. The molecule has 0 saturated carbocycles. The summed E-state index contributed by atoms with van der Waals surface area (Å²) < 4.78 is 0. The summed E-state index contributed by atoms with van der Waals surface area (Å²) in [5, 5.41) is 0. The third kappa shape index (κ3) is 3.88. The summed E-state index contributed by atoms with van der Waals surface area (Å²) in [6.07, 6.45) is 8.83. The van der Waals surface area contributed by atoms with Crippen LogP contribution < -0.4 is 0 Å². The summed E-state index contributed by atoms with van der Waals surface area (Å²) >= 11 is 0. The quantitative estimate of drug-likeness (QED) is 0.714. The molecule has 21 heavy (non-hydrogen) atoms. The van der Waals surface area contributed by atoms with Gasteiger partial charge in [-0.05, 0) is 61.6 Å². The molecular weight excluding hydrogens is 256 g/mol. The first-order chi connectivity index (χ1) is 10.1. The molecule has 0 aliphatic rings. The Bertz CT molecular complexity index is 682. The molecule has 0 N–H and O–H groups in total. The predicted molar refractivity (Wildman–Crippen MR) is 90.8 cm³/mol. The Kier molecular flexibility index (Phi) is 5.04. The Morgan fingerprint density at radius 2 is 2.00 bits per heavy atom. The number of pyridine rings is 1. The van der Waals surface area contributed by atoms with E-state index in [1.807, 2.05) is 31.6 Å². The molecule has 2 rings (SSSR count). The second-order valence-corrected chi connectivity index (χ2v) is 5.27. The maximum Gasteiger partial charge on any atom is 0.0349 e. The van der Waals surface area contributed by atoms with E-state index in [1.54, 1.807) is 0 Å². The highest BCUT2D eigenvalue weighted by molar-refractivity contribution is 5.85. The van der Waals surface area contributed by atoms with E-state index in [2.05, 4.69) is 55.0 Å². The second-order valence-electron chi connectivity index (χ2n) is 5.27. The van der Waals surface area contributed by atoms with Crippen LogP contribution in [0, 0.1) is 13.8 Å². The molecule has 1 aromatic carbocycles. The maximum absolute atomic E-state index is 4.52. The van der Waals surface area contributed by atoms with Gasteiger partial charge in [0.25, 0.3) is 0 Å². The van der Waals surface area contributed by atoms with E-state index in [-0.39, 0.29) is 0 Å². The molecule has 2 nitrogen and oxygen atoms in total. The van der Waals surface area contributed by atoms with Crippen LogP contribution in [0.15, 0.2) is 53.4 Å². The van der Waals surface area contributed by atoms with E-state index < -0.39 is 0 Å². The number of aryl methyl sites for hydroxylation is 2. The van der Waals surface area contributed by atoms with Crippen molar-refractivity contribution in [3.8, 4) is 11.1 Å². The van der Waals surface area contributed by atoms with Gasteiger partial charge in [0.1, 0.15) is 0 Å². The van der Waals surface area contributed by atoms with E-state index in [4.69, 9.17) is 0 Å². The Hall–Kier alpha value is -2.22. The van der Waals surface area contributed by atoms with Crippen LogP contribution in [0.5, 0.6) is 0 Å². The topological polar surface area (TPSA) is 25.2 Å². The first-order valence-corrected chi connectivity index (χ1v) is 7.34. The average molecular weight is 278 g/mol. The van der Waals surface area contributed by atoms with Gasteiger partial charge in [0.15, 0.2) is 0 Å². The molecular formula is C19H22N2. The first-order valence-electron chi connectivity index (χ1n) is 7.34. The van der Waals surface area contributed by atoms with Crippen LogP contribution >= 0.6 is 0 Å². The number of hydrogen-bond donors (Lipinski definition) is 0. The van der Waals surface area contributed by atoms with E-state index >= 15 is 0 Å². The Labute approximate surface area is 127 Å². The van der Waals surface area contributed by atoms with E-state index in [9.17, 15) is 0 Å². The molecule has 108 valence electrons. The fraction of sp³-hybridized carbons (Fsp3) is 0.263. The third-order valence-electron chi connectivity index (χ3n) is 3.54. The molecule has 0 unspecified atom stereocenters. The van der Waals surface area contributed by atoms with Gasteiger partial charge >= 0.3 is 0 Å². The molecule has 0 radical (unpaired) electrons. The fourth-order valence-corrected chi connectivity index (χ4v) is 2.23. The molecule has 0 spiro atoms. The lowest BCUT2D eigenvalue weighted by atomic mass is 9.98. The van der Waals surface area contributed by atoms with Crippen molar-refractivity contribution >= 4 is 6.21 Å². The third-order valence-corrected chi connectivity index (χ3v) is 3.54. The highest BCUT2D eigenvalue weighted by Crippen LogP contribution is 2.24. The lowest BCUT2D eigenvalue weighted by Crippen LogP contribution is -1.91. The molecule has 2 heteroatoms. The molecule has 0 amide bonds. The molecule has 1 heterocycles. The number of rotatable bonds is 4. The van der Waals surface area contributed by atoms with Crippen LogP contribution in [0.1, 0.15) is 37.0 Å². The smallest absolute Gasteiger partial charge is 0.0349 e. The highest BCUT2D eigenvalue weighted by atomic mass is 14.7. The van der Waals surface area contributed by atoms with Gasteiger partial charge in [0.05, 0.1) is 0 Å². The van der Waals surface area contributed by atoms with E-state index in [1.165, 1.54) is 22.3 Å². The molecule has 2 aromatic rings. The number of hydrogen-bond acceptors (Lipinski definition) is 2. The van der Waals surface area contributed by atoms with Crippen molar-refractivity contribution in [1.82, 2.24) is 4.98 Å². The van der Waals surface area contributed by atoms with Gasteiger partial charge in [0, 0.05) is 29.9 Å².